The third kappa shape index (κ3) is 4.80. The lowest BCUT2D eigenvalue weighted by Gasteiger charge is -2.06. The van der Waals surface area contributed by atoms with Gasteiger partial charge in [-0.15, -0.1) is 0 Å². The maximum Gasteiger partial charge on any atom is 0.119 e. The van der Waals surface area contributed by atoms with Crippen LogP contribution in [0.2, 0.25) is 0 Å². The van der Waals surface area contributed by atoms with Crippen LogP contribution in [-0.2, 0) is 6.61 Å². The molecular weight excluding hydrogens is 350 g/mol. The van der Waals surface area contributed by atoms with E-state index < -0.39 is 0 Å². The van der Waals surface area contributed by atoms with E-state index in [0.717, 1.165) is 27.0 Å². The highest BCUT2D eigenvalue weighted by Crippen LogP contribution is 2.19. The predicted molar refractivity (Wildman–Crippen MR) is 98.6 cm³/mol. The van der Waals surface area contributed by atoms with Crippen molar-refractivity contribution in [3.8, 4) is 5.75 Å². The van der Waals surface area contributed by atoms with Crippen LogP contribution in [0.25, 0.3) is 0 Å². The molecule has 0 atom stereocenters. The van der Waals surface area contributed by atoms with Crippen LogP contribution in [0.4, 0.5) is 5.69 Å². The highest BCUT2D eigenvalue weighted by Gasteiger charge is 1.96. The van der Waals surface area contributed by atoms with Crippen molar-refractivity contribution >= 4 is 27.8 Å². The van der Waals surface area contributed by atoms with Crippen LogP contribution >= 0.6 is 15.9 Å². The number of ether oxygens (including phenoxy) is 1. The Morgan fingerprint density at radius 2 is 1.65 bits per heavy atom. The Labute approximate surface area is 144 Å². The second-order valence-corrected chi connectivity index (χ2v) is 6.00. The molecule has 0 fully saturated rings. The topological polar surface area (TPSA) is 21.6 Å². The monoisotopic (exact) mass is 365 g/mol. The molecule has 2 nitrogen and oxygen atoms in total. The number of rotatable bonds is 5. The zero-order valence-electron chi connectivity index (χ0n) is 12.5. The number of benzene rings is 3. The van der Waals surface area contributed by atoms with E-state index in [1.807, 2.05) is 72.9 Å². The predicted octanol–water partition coefficient (Wildman–Crippen LogP) is 5.78. The van der Waals surface area contributed by atoms with E-state index in [1.54, 1.807) is 0 Å². The summed E-state index contributed by atoms with van der Waals surface area (Å²) in [5, 5.41) is 0. The summed E-state index contributed by atoms with van der Waals surface area (Å²) in [6, 6.07) is 26.0. The van der Waals surface area contributed by atoms with Crippen LogP contribution in [0.1, 0.15) is 11.1 Å². The molecule has 0 spiro atoms. The fraction of sp³-hybridized carbons (Fsp3) is 0.0500. The Kier molecular flexibility index (Phi) is 5.22. The first kappa shape index (κ1) is 15.5. The summed E-state index contributed by atoms with van der Waals surface area (Å²) in [5.41, 5.74) is 3.12. The molecule has 0 bridgehead atoms. The number of aliphatic imine (C=N–C) groups is 1. The van der Waals surface area contributed by atoms with E-state index >= 15 is 0 Å². The molecule has 0 aliphatic heterocycles. The van der Waals surface area contributed by atoms with E-state index in [-0.39, 0.29) is 0 Å². The fourth-order valence-electron chi connectivity index (χ4n) is 2.10. The second-order valence-electron chi connectivity index (χ2n) is 5.08. The van der Waals surface area contributed by atoms with Crippen molar-refractivity contribution in [2.75, 3.05) is 0 Å². The molecule has 0 unspecified atom stereocenters. The number of halogens is 1. The Morgan fingerprint density at radius 1 is 0.870 bits per heavy atom. The smallest absolute Gasteiger partial charge is 0.119 e. The molecule has 0 saturated heterocycles. The second kappa shape index (κ2) is 7.75. The van der Waals surface area contributed by atoms with Crippen molar-refractivity contribution in [1.82, 2.24) is 0 Å². The SMILES string of the molecule is Brc1cccc(N=Cc2ccc(OCc3ccccc3)cc2)c1. The lowest BCUT2D eigenvalue weighted by molar-refractivity contribution is 0.306. The van der Waals surface area contributed by atoms with Crippen molar-refractivity contribution in [3.05, 3.63) is 94.5 Å². The lowest BCUT2D eigenvalue weighted by Crippen LogP contribution is -1.94. The van der Waals surface area contributed by atoms with E-state index in [2.05, 4.69) is 33.1 Å². The van der Waals surface area contributed by atoms with E-state index in [4.69, 9.17) is 4.74 Å². The van der Waals surface area contributed by atoms with Gasteiger partial charge >= 0.3 is 0 Å². The molecule has 3 rings (SSSR count). The summed E-state index contributed by atoms with van der Waals surface area (Å²) < 4.78 is 6.80. The zero-order chi connectivity index (χ0) is 15.9. The van der Waals surface area contributed by atoms with Crippen molar-refractivity contribution in [1.29, 1.82) is 0 Å². The minimum absolute atomic E-state index is 0.576. The molecule has 0 saturated carbocycles. The van der Waals surface area contributed by atoms with Gasteiger partial charge in [0, 0.05) is 10.7 Å². The Morgan fingerprint density at radius 3 is 2.39 bits per heavy atom. The van der Waals surface area contributed by atoms with Gasteiger partial charge in [0.1, 0.15) is 12.4 Å². The van der Waals surface area contributed by atoms with Gasteiger partial charge in [0.15, 0.2) is 0 Å². The van der Waals surface area contributed by atoms with Gasteiger partial charge in [-0.25, -0.2) is 0 Å². The first-order valence-corrected chi connectivity index (χ1v) is 8.15. The van der Waals surface area contributed by atoms with Crippen molar-refractivity contribution in [2.45, 2.75) is 6.61 Å². The lowest BCUT2D eigenvalue weighted by atomic mass is 10.2. The molecular formula is C20H16BrNO. The van der Waals surface area contributed by atoms with Gasteiger partial charge in [-0.2, -0.15) is 0 Å². The number of hydrogen-bond donors (Lipinski definition) is 0. The van der Waals surface area contributed by atoms with Gasteiger partial charge in [0.05, 0.1) is 5.69 Å². The standard InChI is InChI=1S/C20H16BrNO/c21-18-7-4-8-19(13-18)22-14-16-9-11-20(12-10-16)23-15-17-5-2-1-3-6-17/h1-14H,15H2. The third-order valence-electron chi connectivity index (χ3n) is 3.30. The Hall–Kier alpha value is -2.39. The first-order chi connectivity index (χ1) is 11.3. The van der Waals surface area contributed by atoms with Crippen molar-refractivity contribution in [2.24, 2.45) is 4.99 Å². The Bertz CT molecular complexity index is 782. The van der Waals surface area contributed by atoms with Gasteiger partial charge < -0.3 is 4.74 Å². The fourth-order valence-corrected chi connectivity index (χ4v) is 2.48. The largest absolute Gasteiger partial charge is 0.489 e. The average molecular weight is 366 g/mol. The molecule has 0 aliphatic rings. The van der Waals surface area contributed by atoms with Gasteiger partial charge in [-0.3, -0.25) is 4.99 Å². The van der Waals surface area contributed by atoms with Gasteiger partial charge in [0.25, 0.3) is 0 Å². The summed E-state index contributed by atoms with van der Waals surface area (Å²) in [4.78, 5) is 4.46. The summed E-state index contributed by atoms with van der Waals surface area (Å²) in [7, 11) is 0. The molecule has 3 aromatic carbocycles. The maximum atomic E-state index is 5.77. The number of hydrogen-bond acceptors (Lipinski definition) is 2. The quantitative estimate of drug-likeness (QED) is 0.525. The summed E-state index contributed by atoms with van der Waals surface area (Å²) in [6.07, 6.45) is 1.85. The summed E-state index contributed by atoms with van der Waals surface area (Å²) in [5.74, 6) is 0.855. The Balaban J connectivity index is 1.61. The van der Waals surface area contributed by atoms with Gasteiger partial charge in [-0.05, 0) is 53.6 Å². The molecule has 0 heterocycles. The van der Waals surface area contributed by atoms with Gasteiger partial charge in [0.2, 0.25) is 0 Å². The molecule has 0 amide bonds. The molecule has 0 radical (unpaired) electrons. The van der Waals surface area contributed by atoms with Crippen LogP contribution in [-0.4, -0.2) is 6.21 Å². The number of nitrogens with zero attached hydrogens (tertiary/aromatic N) is 1. The van der Waals surface area contributed by atoms with E-state index in [1.165, 1.54) is 0 Å². The minimum atomic E-state index is 0.576. The van der Waals surface area contributed by atoms with Crippen LogP contribution in [0.3, 0.4) is 0 Å². The van der Waals surface area contributed by atoms with Crippen LogP contribution in [0.5, 0.6) is 5.75 Å². The van der Waals surface area contributed by atoms with Crippen LogP contribution in [0.15, 0.2) is 88.3 Å². The molecule has 0 aromatic heterocycles. The van der Waals surface area contributed by atoms with E-state index in [9.17, 15) is 0 Å². The van der Waals surface area contributed by atoms with Crippen molar-refractivity contribution in [3.63, 3.8) is 0 Å². The molecule has 23 heavy (non-hydrogen) atoms. The molecule has 3 heteroatoms. The average Bonchev–Trinajstić information content (AvgIpc) is 2.60. The normalized spacial score (nSPS) is 10.8. The third-order valence-corrected chi connectivity index (χ3v) is 3.79. The van der Waals surface area contributed by atoms with Gasteiger partial charge in [-0.1, -0.05) is 52.3 Å². The molecule has 3 aromatic rings. The highest BCUT2D eigenvalue weighted by atomic mass is 79.9. The highest BCUT2D eigenvalue weighted by molar-refractivity contribution is 9.10. The maximum absolute atomic E-state index is 5.77. The molecule has 0 N–H and O–H groups in total. The summed E-state index contributed by atoms with van der Waals surface area (Å²) >= 11 is 3.44. The van der Waals surface area contributed by atoms with Crippen LogP contribution < -0.4 is 4.74 Å². The molecule has 0 aliphatic carbocycles. The zero-order valence-corrected chi connectivity index (χ0v) is 14.1. The first-order valence-electron chi connectivity index (χ1n) is 7.36. The van der Waals surface area contributed by atoms with E-state index in [0.29, 0.717) is 6.61 Å². The molecule has 114 valence electrons. The minimum Gasteiger partial charge on any atom is -0.489 e. The summed E-state index contributed by atoms with van der Waals surface area (Å²) in [6.45, 7) is 0.576. The van der Waals surface area contributed by atoms with Crippen LogP contribution in [0, 0.1) is 0 Å². The van der Waals surface area contributed by atoms with Crippen molar-refractivity contribution < 1.29 is 4.74 Å².